The Labute approximate surface area is 117 Å². The first kappa shape index (κ1) is 15.6. The van der Waals surface area contributed by atoms with Crippen LogP contribution >= 0.6 is 15.9 Å². The fourth-order valence-corrected chi connectivity index (χ4v) is 1.76. The van der Waals surface area contributed by atoms with Crippen LogP contribution in [-0.4, -0.2) is 34.2 Å². The summed E-state index contributed by atoms with van der Waals surface area (Å²) in [5, 5.41) is 20.6. The van der Waals surface area contributed by atoms with Crippen molar-refractivity contribution in [1.29, 1.82) is 0 Å². The maximum atomic E-state index is 13.5. The van der Waals surface area contributed by atoms with Crippen molar-refractivity contribution in [2.75, 3.05) is 6.54 Å². The van der Waals surface area contributed by atoms with Crippen LogP contribution in [0.25, 0.3) is 0 Å². The van der Waals surface area contributed by atoms with E-state index in [9.17, 15) is 19.1 Å². The van der Waals surface area contributed by atoms with Gasteiger partial charge in [-0.25, -0.2) is 4.39 Å². The molecule has 0 saturated carbocycles. The summed E-state index contributed by atoms with van der Waals surface area (Å²) in [6.07, 6.45) is -0.518. The molecule has 0 fully saturated rings. The van der Waals surface area contributed by atoms with Crippen LogP contribution in [0.5, 0.6) is 0 Å². The highest BCUT2D eigenvalue weighted by atomic mass is 79.9. The third-order valence-electron chi connectivity index (χ3n) is 2.34. The van der Waals surface area contributed by atoms with Gasteiger partial charge in [-0.15, -0.1) is 0 Å². The molecule has 104 valence electrons. The standard InChI is InChI=1S/C12H13BrFNO4/c1-12(19,5-10(16)17)6-15-11(18)8-3-2-7(13)4-9(8)14/h2-4,19H,5-6H2,1H3,(H,15,18)(H,16,17). The van der Waals surface area contributed by atoms with Gasteiger partial charge in [0, 0.05) is 11.0 Å². The smallest absolute Gasteiger partial charge is 0.306 e. The average Bonchev–Trinajstić information content (AvgIpc) is 2.24. The minimum Gasteiger partial charge on any atom is -0.481 e. The van der Waals surface area contributed by atoms with E-state index in [1.807, 2.05) is 0 Å². The van der Waals surface area contributed by atoms with Gasteiger partial charge >= 0.3 is 5.97 Å². The lowest BCUT2D eigenvalue weighted by Gasteiger charge is -2.21. The monoisotopic (exact) mass is 333 g/mol. The molecule has 3 N–H and O–H groups in total. The van der Waals surface area contributed by atoms with E-state index in [2.05, 4.69) is 21.2 Å². The van der Waals surface area contributed by atoms with E-state index in [0.717, 1.165) is 6.07 Å². The van der Waals surface area contributed by atoms with E-state index in [1.54, 1.807) is 0 Å². The number of nitrogens with one attached hydrogen (secondary N) is 1. The van der Waals surface area contributed by atoms with E-state index >= 15 is 0 Å². The van der Waals surface area contributed by atoms with Crippen LogP contribution in [0, 0.1) is 5.82 Å². The summed E-state index contributed by atoms with van der Waals surface area (Å²) in [6, 6.07) is 3.94. The summed E-state index contributed by atoms with van der Waals surface area (Å²) in [5.41, 5.74) is -1.76. The lowest BCUT2D eigenvalue weighted by atomic mass is 10.0. The van der Waals surface area contributed by atoms with Crippen molar-refractivity contribution in [1.82, 2.24) is 5.32 Å². The second-order valence-electron chi connectivity index (χ2n) is 4.37. The zero-order chi connectivity index (χ0) is 14.6. The number of hydrogen-bond acceptors (Lipinski definition) is 3. The average molecular weight is 334 g/mol. The highest BCUT2D eigenvalue weighted by Crippen LogP contribution is 2.15. The lowest BCUT2D eigenvalue weighted by Crippen LogP contribution is -2.42. The van der Waals surface area contributed by atoms with Crippen LogP contribution in [0.2, 0.25) is 0 Å². The number of amides is 1. The Kier molecular flexibility index (Phi) is 5.02. The van der Waals surface area contributed by atoms with Crippen molar-refractivity contribution in [3.05, 3.63) is 34.1 Å². The number of halogens is 2. The number of carbonyl (C=O) groups is 2. The highest BCUT2D eigenvalue weighted by Gasteiger charge is 2.25. The number of benzene rings is 1. The van der Waals surface area contributed by atoms with Gasteiger partial charge in [-0.3, -0.25) is 9.59 Å². The molecule has 1 aromatic carbocycles. The minimum absolute atomic E-state index is 0.172. The zero-order valence-electron chi connectivity index (χ0n) is 10.1. The topological polar surface area (TPSA) is 86.6 Å². The minimum atomic E-state index is -1.59. The Morgan fingerprint density at radius 1 is 1.47 bits per heavy atom. The van der Waals surface area contributed by atoms with Gasteiger partial charge in [0.25, 0.3) is 5.91 Å². The summed E-state index contributed by atoms with van der Waals surface area (Å²) in [7, 11) is 0. The van der Waals surface area contributed by atoms with E-state index in [-0.39, 0.29) is 12.1 Å². The summed E-state index contributed by atoms with van der Waals surface area (Å²) >= 11 is 3.07. The van der Waals surface area contributed by atoms with Crippen LogP contribution in [0.4, 0.5) is 4.39 Å². The largest absolute Gasteiger partial charge is 0.481 e. The molecule has 0 aromatic heterocycles. The predicted molar refractivity (Wildman–Crippen MR) is 69.3 cm³/mol. The third kappa shape index (κ3) is 4.96. The molecule has 0 radical (unpaired) electrons. The summed E-state index contributed by atoms with van der Waals surface area (Å²) < 4.78 is 14.0. The quantitative estimate of drug-likeness (QED) is 0.762. The molecular formula is C12H13BrFNO4. The van der Waals surface area contributed by atoms with Gasteiger partial charge in [-0.2, -0.15) is 0 Å². The zero-order valence-corrected chi connectivity index (χ0v) is 11.7. The highest BCUT2D eigenvalue weighted by molar-refractivity contribution is 9.10. The van der Waals surface area contributed by atoms with Gasteiger partial charge in [0.2, 0.25) is 0 Å². The molecule has 0 saturated heterocycles. The fourth-order valence-electron chi connectivity index (χ4n) is 1.43. The molecule has 0 heterocycles. The van der Waals surface area contributed by atoms with Crippen LogP contribution < -0.4 is 5.32 Å². The molecule has 0 spiro atoms. The van der Waals surface area contributed by atoms with Gasteiger partial charge in [0.15, 0.2) is 0 Å². The predicted octanol–water partition coefficient (Wildman–Crippen LogP) is 1.54. The molecule has 1 rings (SSSR count). The summed E-state index contributed by atoms with van der Waals surface area (Å²) in [5.74, 6) is -2.60. The van der Waals surface area contributed by atoms with Crippen molar-refractivity contribution in [3.63, 3.8) is 0 Å². The molecule has 1 unspecified atom stereocenters. The number of aliphatic carboxylic acids is 1. The van der Waals surface area contributed by atoms with E-state index in [1.165, 1.54) is 19.1 Å². The molecule has 5 nitrogen and oxygen atoms in total. The molecule has 0 bridgehead atoms. The summed E-state index contributed by atoms with van der Waals surface area (Å²) in [4.78, 5) is 22.2. The molecule has 0 aliphatic rings. The van der Waals surface area contributed by atoms with E-state index in [4.69, 9.17) is 5.11 Å². The van der Waals surface area contributed by atoms with Crippen LogP contribution in [0.1, 0.15) is 23.7 Å². The van der Waals surface area contributed by atoms with Gasteiger partial charge in [0.1, 0.15) is 5.82 Å². The second kappa shape index (κ2) is 6.12. The number of aliphatic hydroxyl groups is 1. The van der Waals surface area contributed by atoms with Crippen molar-refractivity contribution >= 4 is 27.8 Å². The molecule has 1 amide bonds. The van der Waals surface area contributed by atoms with Gasteiger partial charge in [-0.05, 0) is 25.1 Å². The van der Waals surface area contributed by atoms with Crippen molar-refractivity contribution < 1.29 is 24.2 Å². The Hall–Kier alpha value is -1.47. The Morgan fingerprint density at radius 2 is 2.11 bits per heavy atom. The maximum Gasteiger partial charge on any atom is 0.306 e. The Morgan fingerprint density at radius 3 is 2.63 bits per heavy atom. The Balaban J connectivity index is 2.68. The second-order valence-corrected chi connectivity index (χ2v) is 5.29. The van der Waals surface area contributed by atoms with Crippen molar-refractivity contribution in [2.45, 2.75) is 18.9 Å². The van der Waals surface area contributed by atoms with Crippen LogP contribution in [-0.2, 0) is 4.79 Å². The first-order chi connectivity index (χ1) is 8.71. The van der Waals surface area contributed by atoms with Crippen LogP contribution in [0.3, 0.4) is 0 Å². The number of carboxylic acid groups (broad SMARTS) is 1. The van der Waals surface area contributed by atoms with E-state index < -0.39 is 29.7 Å². The number of carboxylic acids is 1. The van der Waals surface area contributed by atoms with Crippen LogP contribution in [0.15, 0.2) is 22.7 Å². The number of rotatable bonds is 5. The molecule has 19 heavy (non-hydrogen) atoms. The van der Waals surface area contributed by atoms with Gasteiger partial charge in [-0.1, -0.05) is 15.9 Å². The number of hydrogen-bond donors (Lipinski definition) is 3. The molecule has 0 aliphatic carbocycles. The van der Waals surface area contributed by atoms with Crippen molar-refractivity contribution in [3.8, 4) is 0 Å². The van der Waals surface area contributed by atoms with Crippen molar-refractivity contribution in [2.24, 2.45) is 0 Å². The summed E-state index contributed by atoms with van der Waals surface area (Å²) in [6.45, 7) is 0.993. The maximum absolute atomic E-state index is 13.5. The Bertz CT molecular complexity index is 505. The number of carbonyl (C=O) groups excluding carboxylic acids is 1. The molecular weight excluding hydrogens is 321 g/mol. The molecule has 0 aliphatic heterocycles. The van der Waals surface area contributed by atoms with E-state index in [0.29, 0.717) is 4.47 Å². The molecule has 1 atom stereocenters. The fraction of sp³-hybridized carbons (Fsp3) is 0.333. The lowest BCUT2D eigenvalue weighted by molar-refractivity contribution is -0.141. The van der Waals surface area contributed by atoms with Gasteiger partial charge < -0.3 is 15.5 Å². The molecule has 7 heteroatoms. The molecule has 1 aromatic rings. The normalized spacial score (nSPS) is 13.7. The third-order valence-corrected chi connectivity index (χ3v) is 2.83. The SMILES string of the molecule is CC(O)(CNC(=O)c1ccc(Br)cc1F)CC(=O)O. The van der Waals surface area contributed by atoms with Gasteiger partial charge in [0.05, 0.1) is 17.6 Å². The first-order valence-electron chi connectivity index (χ1n) is 5.39. The first-order valence-corrected chi connectivity index (χ1v) is 6.18.